The van der Waals surface area contributed by atoms with Crippen molar-refractivity contribution in [2.45, 2.75) is 26.3 Å². The van der Waals surface area contributed by atoms with Crippen LogP contribution in [0, 0.1) is 6.92 Å². The lowest BCUT2D eigenvalue weighted by atomic mass is 10.2. The van der Waals surface area contributed by atoms with Crippen LogP contribution in [0.15, 0.2) is 21.0 Å². The van der Waals surface area contributed by atoms with E-state index in [9.17, 15) is 0 Å². The van der Waals surface area contributed by atoms with Crippen LogP contribution in [0.2, 0.25) is 0 Å². The maximum atomic E-state index is 5.50. The molecule has 0 aliphatic rings. The van der Waals surface area contributed by atoms with Crippen molar-refractivity contribution in [1.29, 1.82) is 0 Å². The molecular weight excluding hydrogens is 220 g/mol. The minimum absolute atomic E-state index is 0.0186. The van der Waals surface area contributed by atoms with Crippen molar-refractivity contribution in [3.63, 3.8) is 0 Å². The number of nitrogens with one attached hydrogen (secondary N) is 1. The first-order valence-electron chi connectivity index (χ1n) is 5.54. The molecule has 0 bridgehead atoms. The summed E-state index contributed by atoms with van der Waals surface area (Å²) in [5, 5.41) is 10.8. The molecule has 2 heterocycles. The van der Waals surface area contributed by atoms with Crippen LogP contribution >= 0.6 is 0 Å². The van der Waals surface area contributed by atoms with Gasteiger partial charge < -0.3 is 19.9 Å². The molecule has 1 atom stereocenters. The average molecular weight is 236 g/mol. The van der Waals surface area contributed by atoms with E-state index in [4.69, 9.17) is 14.6 Å². The van der Waals surface area contributed by atoms with E-state index in [2.05, 4.69) is 15.5 Å². The smallest absolute Gasteiger partial charge is 0.316 e. The summed E-state index contributed by atoms with van der Waals surface area (Å²) in [5.74, 6) is 2.25. The second-order valence-corrected chi connectivity index (χ2v) is 3.85. The molecular formula is C11H16N4O2. The van der Waals surface area contributed by atoms with Gasteiger partial charge in [-0.3, -0.25) is 0 Å². The second kappa shape index (κ2) is 5.01. The van der Waals surface area contributed by atoms with Crippen LogP contribution < -0.4 is 11.1 Å². The number of hydrogen-bond donors (Lipinski definition) is 2. The van der Waals surface area contributed by atoms with Gasteiger partial charge in [-0.2, -0.15) is 0 Å². The normalized spacial score (nSPS) is 12.6. The number of aryl methyl sites for hydroxylation is 1. The van der Waals surface area contributed by atoms with Crippen molar-refractivity contribution in [3.05, 3.63) is 29.5 Å². The quantitative estimate of drug-likeness (QED) is 0.820. The molecule has 0 aliphatic heterocycles. The van der Waals surface area contributed by atoms with Gasteiger partial charge in [-0.25, -0.2) is 0 Å². The minimum atomic E-state index is -0.0186. The van der Waals surface area contributed by atoms with E-state index < -0.39 is 0 Å². The molecule has 0 fully saturated rings. The lowest BCUT2D eigenvalue weighted by Crippen LogP contribution is -2.05. The molecule has 0 spiro atoms. The third-order valence-corrected chi connectivity index (χ3v) is 2.35. The van der Waals surface area contributed by atoms with Gasteiger partial charge in [0.05, 0.1) is 6.04 Å². The zero-order valence-electron chi connectivity index (χ0n) is 9.93. The fraction of sp³-hybridized carbons (Fsp3) is 0.455. The van der Waals surface area contributed by atoms with Crippen molar-refractivity contribution >= 4 is 6.01 Å². The van der Waals surface area contributed by atoms with Crippen molar-refractivity contribution in [1.82, 2.24) is 10.2 Å². The lowest BCUT2D eigenvalue weighted by Gasteiger charge is -2.07. The molecule has 17 heavy (non-hydrogen) atoms. The van der Waals surface area contributed by atoms with Gasteiger partial charge in [0.15, 0.2) is 0 Å². The Morgan fingerprint density at radius 2 is 2.18 bits per heavy atom. The highest BCUT2D eigenvalue weighted by atomic mass is 16.4. The first-order valence-corrected chi connectivity index (χ1v) is 5.54. The van der Waals surface area contributed by atoms with E-state index in [0.717, 1.165) is 11.5 Å². The number of nitrogens with zero attached hydrogens (tertiary/aromatic N) is 2. The number of furan rings is 1. The maximum Gasteiger partial charge on any atom is 0.316 e. The molecule has 0 radical (unpaired) electrons. The monoisotopic (exact) mass is 236 g/mol. The highest BCUT2D eigenvalue weighted by Gasteiger charge is 2.13. The largest absolute Gasteiger partial charge is 0.464 e. The molecule has 6 heteroatoms. The van der Waals surface area contributed by atoms with Gasteiger partial charge in [0.1, 0.15) is 11.5 Å². The molecule has 2 aromatic heterocycles. The molecule has 2 rings (SSSR count). The Morgan fingerprint density at radius 3 is 2.82 bits per heavy atom. The SMILES string of the molecule is Cc1ccc(C(C)Nc2nnc(CCN)o2)o1. The van der Waals surface area contributed by atoms with Gasteiger partial charge in [-0.15, -0.1) is 5.10 Å². The zero-order valence-corrected chi connectivity index (χ0v) is 9.93. The second-order valence-electron chi connectivity index (χ2n) is 3.85. The number of anilines is 1. The Balaban J connectivity index is 1.99. The highest BCUT2D eigenvalue weighted by molar-refractivity contribution is 5.24. The van der Waals surface area contributed by atoms with Crippen molar-refractivity contribution < 1.29 is 8.83 Å². The van der Waals surface area contributed by atoms with Gasteiger partial charge in [0.2, 0.25) is 5.89 Å². The Labute approximate surface area is 99.2 Å². The van der Waals surface area contributed by atoms with E-state index in [0.29, 0.717) is 24.9 Å². The predicted molar refractivity (Wildman–Crippen MR) is 62.5 cm³/mol. The van der Waals surface area contributed by atoms with Gasteiger partial charge in [-0.05, 0) is 26.0 Å². The van der Waals surface area contributed by atoms with Gasteiger partial charge in [0, 0.05) is 13.0 Å². The van der Waals surface area contributed by atoms with Gasteiger partial charge in [0.25, 0.3) is 0 Å². The third-order valence-electron chi connectivity index (χ3n) is 2.35. The summed E-state index contributed by atoms with van der Waals surface area (Å²) in [6, 6.07) is 4.20. The summed E-state index contributed by atoms with van der Waals surface area (Å²) in [6.45, 7) is 4.36. The van der Waals surface area contributed by atoms with Crippen molar-refractivity contribution in [3.8, 4) is 0 Å². The molecule has 92 valence electrons. The summed E-state index contributed by atoms with van der Waals surface area (Å²) in [5.41, 5.74) is 5.40. The summed E-state index contributed by atoms with van der Waals surface area (Å²) in [6.07, 6.45) is 0.586. The van der Waals surface area contributed by atoms with E-state index in [1.807, 2.05) is 26.0 Å². The summed E-state index contributed by atoms with van der Waals surface area (Å²) < 4.78 is 10.9. The fourth-order valence-corrected chi connectivity index (χ4v) is 1.48. The number of hydrogen-bond acceptors (Lipinski definition) is 6. The van der Waals surface area contributed by atoms with Crippen LogP contribution in [-0.4, -0.2) is 16.7 Å². The minimum Gasteiger partial charge on any atom is -0.464 e. The highest BCUT2D eigenvalue weighted by Crippen LogP contribution is 2.20. The standard InChI is InChI=1S/C11H16N4O2/c1-7-3-4-9(16-7)8(2)13-11-15-14-10(17-11)5-6-12/h3-4,8H,5-6,12H2,1-2H3,(H,13,15). The fourth-order valence-electron chi connectivity index (χ4n) is 1.48. The molecule has 2 aromatic rings. The zero-order chi connectivity index (χ0) is 12.3. The summed E-state index contributed by atoms with van der Waals surface area (Å²) in [4.78, 5) is 0. The Morgan fingerprint density at radius 1 is 1.35 bits per heavy atom. The molecule has 3 N–H and O–H groups in total. The first kappa shape index (κ1) is 11.7. The van der Waals surface area contributed by atoms with Crippen LogP contribution in [-0.2, 0) is 6.42 Å². The van der Waals surface area contributed by atoms with E-state index in [-0.39, 0.29) is 6.04 Å². The van der Waals surface area contributed by atoms with Crippen LogP contribution in [0.5, 0.6) is 0 Å². The van der Waals surface area contributed by atoms with Crippen LogP contribution in [0.1, 0.15) is 30.4 Å². The third kappa shape index (κ3) is 2.85. The maximum absolute atomic E-state index is 5.50. The predicted octanol–water partition coefficient (Wildman–Crippen LogP) is 1.65. The summed E-state index contributed by atoms with van der Waals surface area (Å²) >= 11 is 0. The van der Waals surface area contributed by atoms with Gasteiger partial charge >= 0.3 is 6.01 Å². The van der Waals surface area contributed by atoms with E-state index >= 15 is 0 Å². The molecule has 0 aliphatic carbocycles. The van der Waals surface area contributed by atoms with Crippen molar-refractivity contribution in [2.24, 2.45) is 5.73 Å². The molecule has 0 aromatic carbocycles. The first-order chi connectivity index (χ1) is 8.19. The number of aromatic nitrogens is 2. The molecule has 0 saturated carbocycles. The summed E-state index contributed by atoms with van der Waals surface area (Å²) in [7, 11) is 0. The molecule has 0 saturated heterocycles. The van der Waals surface area contributed by atoms with Gasteiger partial charge in [-0.1, -0.05) is 5.10 Å². The van der Waals surface area contributed by atoms with Crippen LogP contribution in [0.3, 0.4) is 0 Å². The van der Waals surface area contributed by atoms with Crippen LogP contribution in [0.4, 0.5) is 6.01 Å². The number of nitrogens with two attached hydrogens (primary N) is 1. The average Bonchev–Trinajstić information content (AvgIpc) is 2.88. The topological polar surface area (TPSA) is 90.1 Å². The van der Waals surface area contributed by atoms with E-state index in [1.165, 1.54) is 0 Å². The Kier molecular flexibility index (Phi) is 3.43. The molecule has 0 amide bonds. The van der Waals surface area contributed by atoms with Crippen LogP contribution in [0.25, 0.3) is 0 Å². The Hall–Kier alpha value is -1.82. The molecule has 1 unspecified atom stereocenters. The Bertz CT molecular complexity index is 477. The van der Waals surface area contributed by atoms with E-state index in [1.54, 1.807) is 0 Å². The molecule has 6 nitrogen and oxygen atoms in total. The number of rotatable bonds is 5. The lowest BCUT2D eigenvalue weighted by molar-refractivity contribution is 0.454. The van der Waals surface area contributed by atoms with Crippen molar-refractivity contribution in [2.75, 3.05) is 11.9 Å².